The zero-order chi connectivity index (χ0) is 13.2. The number of nitrogens with two attached hydrogens (primary N) is 1. The van der Waals surface area contributed by atoms with E-state index in [9.17, 15) is 0 Å². The van der Waals surface area contributed by atoms with Crippen molar-refractivity contribution in [2.24, 2.45) is 0 Å². The fourth-order valence-corrected chi connectivity index (χ4v) is 3.15. The lowest BCUT2D eigenvalue weighted by Gasteiger charge is -2.34. The van der Waals surface area contributed by atoms with E-state index in [2.05, 4.69) is 29.1 Å². The largest absolute Gasteiger partial charge is 0.397 e. The molecule has 19 heavy (non-hydrogen) atoms. The SMILES string of the molecule is CN(c1ccc2cnccc2c1N)C1CCCCC1. The second kappa shape index (κ2) is 5.08. The molecule has 3 rings (SSSR count). The highest BCUT2D eigenvalue weighted by Crippen LogP contribution is 2.34. The summed E-state index contributed by atoms with van der Waals surface area (Å²) in [5, 5.41) is 2.22. The Morgan fingerprint density at radius 1 is 1.16 bits per heavy atom. The third-order valence-electron chi connectivity index (χ3n) is 4.34. The van der Waals surface area contributed by atoms with Gasteiger partial charge in [-0.15, -0.1) is 0 Å². The number of benzene rings is 1. The highest BCUT2D eigenvalue weighted by Gasteiger charge is 2.20. The third-order valence-corrected chi connectivity index (χ3v) is 4.34. The van der Waals surface area contributed by atoms with Crippen LogP contribution in [0, 0.1) is 0 Å². The van der Waals surface area contributed by atoms with Crippen molar-refractivity contribution >= 4 is 22.1 Å². The summed E-state index contributed by atoms with van der Waals surface area (Å²) >= 11 is 0. The van der Waals surface area contributed by atoms with Gasteiger partial charge in [0, 0.05) is 36.3 Å². The third kappa shape index (κ3) is 2.25. The lowest BCUT2D eigenvalue weighted by Crippen LogP contribution is -2.33. The molecule has 100 valence electrons. The number of anilines is 2. The van der Waals surface area contributed by atoms with Crippen LogP contribution in [0.3, 0.4) is 0 Å². The molecule has 1 aliphatic carbocycles. The average molecular weight is 255 g/mol. The molecule has 1 saturated carbocycles. The lowest BCUT2D eigenvalue weighted by atomic mass is 9.94. The normalized spacial score (nSPS) is 16.7. The Hall–Kier alpha value is -1.77. The van der Waals surface area contributed by atoms with Crippen LogP contribution in [0.4, 0.5) is 11.4 Å². The second-order valence-electron chi connectivity index (χ2n) is 5.50. The number of hydrogen-bond acceptors (Lipinski definition) is 3. The van der Waals surface area contributed by atoms with Crippen LogP contribution < -0.4 is 10.6 Å². The smallest absolute Gasteiger partial charge is 0.0632 e. The average Bonchev–Trinajstić information content (AvgIpc) is 2.48. The van der Waals surface area contributed by atoms with Gasteiger partial charge in [0.2, 0.25) is 0 Å². The summed E-state index contributed by atoms with van der Waals surface area (Å²) in [4.78, 5) is 6.52. The van der Waals surface area contributed by atoms with Gasteiger partial charge in [-0.3, -0.25) is 4.98 Å². The van der Waals surface area contributed by atoms with Crippen LogP contribution in [0.15, 0.2) is 30.6 Å². The monoisotopic (exact) mass is 255 g/mol. The van der Waals surface area contributed by atoms with E-state index in [-0.39, 0.29) is 0 Å². The van der Waals surface area contributed by atoms with Gasteiger partial charge >= 0.3 is 0 Å². The van der Waals surface area contributed by atoms with E-state index in [4.69, 9.17) is 5.73 Å². The number of nitrogen functional groups attached to an aromatic ring is 1. The lowest BCUT2D eigenvalue weighted by molar-refractivity contribution is 0.428. The standard InChI is InChI=1S/C16H21N3/c1-19(13-5-3-2-4-6-13)15-8-7-12-11-18-10-9-14(12)16(15)17/h7-11,13H,2-6,17H2,1H3. The molecule has 0 aliphatic heterocycles. The first-order valence-corrected chi connectivity index (χ1v) is 7.12. The summed E-state index contributed by atoms with van der Waals surface area (Å²) in [7, 11) is 2.18. The summed E-state index contributed by atoms with van der Waals surface area (Å²) in [6, 6.07) is 6.89. The van der Waals surface area contributed by atoms with Crippen molar-refractivity contribution in [3.63, 3.8) is 0 Å². The van der Waals surface area contributed by atoms with Gasteiger partial charge in [-0.2, -0.15) is 0 Å². The molecular formula is C16H21N3. The summed E-state index contributed by atoms with van der Waals surface area (Å²) in [6.07, 6.45) is 10.3. The maximum Gasteiger partial charge on any atom is 0.0632 e. The molecule has 1 aromatic carbocycles. The van der Waals surface area contributed by atoms with E-state index in [1.54, 1.807) is 0 Å². The first-order valence-electron chi connectivity index (χ1n) is 7.12. The molecule has 0 radical (unpaired) electrons. The Morgan fingerprint density at radius 2 is 1.95 bits per heavy atom. The highest BCUT2D eigenvalue weighted by molar-refractivity contribution is 5.98. The van der Waals surface area contributed by atoms with E-state index < -0.39 is 0 Å². The van der Waals surface area contributed by atoms with Gasteiger partial charge in [0.25, 0.3) is 0 Å². The van der Waals surface area contributed by atoms with E-state index >= 15 is 0 Å². The predicted molar refractivity (Wildman–Crippen MR) is 81.4 cm³/mol. The fraction of sp³-hybridized carbons (Fsp3) is 0.438. The molecule has 0 bridgehead atoms. The van der Waals surface area contributed by atoms with E-state index in [1.807, 2.05) is 18.5 Å². The van der Waals surface area contributed by atoms with Gasteiger partial charge in [-0.1, -0.05) is 25.3 Å². The number of pyridine rings is 1. The second-order valence-corrected chi connectivity index (χ2v) is 5.50. The highest BCUT2D eigenvalue weighted by atomic mass is 15.1. The molecule has 2 N–H and O–H groups in total. The number of rotatable bonds is 2. The van der Waals surface area contributed by atoms with E-state index in [0.29, 0.717) is 6.04 Å². The quantitative estimate of drug-likeness (QED) is 0.834. The van der Waals surface area contributed by atoms with Gasteiger partial charge < -0.3 is 10.6 Å². The van der Waals surface area contributed by atoms with Crippen molar-refractivity contribution in [3.8, 4) is 0 Å². The molecule has 2 aromatic rings. The van der Waals surface area contributed by atoms with Gasteiger partial charge in [-0.05, 0) is 25.0 Å². The van der Waals surface area contributed by atoms with E-state index in [0.717, 1.165) is 22.1 Å². The molecule has 3 heteroatoms. The summed E-state index contributed by atoms with van der Waals surface area (Å²) < 4.78 is 0. The summed E-state index contributed by atoms with van der Waals surface area (Å²) in [6.45, 7) is 0. The molecule has 0 saturated heterocycles. The molecule has 0 unspecified atom stereocenters. The molecule has 1 fully saturated rings. The number of nitrogens with zero attached hydrogens (tertiary/aromatic N) is 2. The zero-order valence-corrected chi connectivity index (χ0v) is 11.5. The topological polar surface area (TPSA) is 42.2 Å². The van der Waals surface area contributed by atoms with Crippen molar-refractivity contribution in [3.05, 3.63) is 30.6 Å². The number of fused-ring (bicyclic) bond motifs is 1. The van der Waals surface area contributed by atoms with Crippen molar-refractivity contribution < 1.29 is 0 Å². The van der Waals surface area contributed by atoms with Crippen molar-refractivity contribution in [1.29, 1.82) is 0 Å². The van der Waals surface area contributed by atoms with Crippen LogP contribution in [0.25, 0.3) is 10.8 Å². The van der Waals surface area contributed by atoms with Crippen LogP contribution in [0.1, 0.15) is 32.1 Å². The van der Waals surface area contributed by atoms with Crippen molar-refractivity contribution in [2.45, 2.75) is 38.1 Å². The minimum Gasteiger partial charge on any atom is -0.397 e. The maximum absolute atomic E-state index is 6.36. The minimum atomic E-state index is 0.635. The van der Waals surface area contributed by atoms with Crippen LogP contribution >= 0.6 is 0 Å². The van der Waals surface area contributed by atoms with Crippen LogP contribution in [0.5, 0.6) is 0 Å². The molecule has 0 spiro atoms. The van der Waals surface area contributed by atoms with Crippen LogP contribution in [0.2, 0.25) is 0 Å². The van der Waals surface area contributed by atoms with Gasteiger partial charge in [0.05, 0.1) is 11.4 Å². The molecule has 1 aliphatic rings. The van der Waals surface area contributed by atoms with Gasteiger partial charge in [-0.25, -0.2) is 0 Å². The molecule has 0 atom stereocenters. The first-order chi connectivity index (χ1) is 9.27. The number of aromatic nitrogens is 1. The Balaban J connectivity index is 1.97. The van der Waals surface area contributed by atoms with Gasteiger partial charge in [0.1, 0.15) is 0 Å². The Bertz CT molecular complexity index is 573. The van der Waals surface area contributed by atoms with Crippen molar-refractivity contribution in [1.82, 2.24) is 4.98 Å². The number of hydrogen-bond donors (Lipinski definition) is 1. The Morgan fingerprint density at radius 3 is 2.74 bits per heavy atom. The van der Waals surface area contributed by atoms with Crippen LogP contribution in [-0.2, 0) is 0 Å². The Labute approximate surface area is 114 Å². The first kappa shape index (κ1) is 12.3. The summed E-state index contributed by atoms with van der Waals surface area (Å²) in [5.74, 6) is 0. The van der Waals surface area contributed by atoms with Gasteiger partial charge in [0.15, 0.2) is 0 Å². The molecule has 1 aromatic heterocycles. The maximum atomic E-state index is 6.36. The Kier molecular flexibility index (Phi) is 3.28. The molecule has 0 amide bonds. The fourth-order valence-electron chi connectivity index (χ4n) is 3.15. The molecular weight excluding hydrogens is 234 g/mol. The molecule has 1 heterocycles. The van der Waals surface area contributed by atoms with E-state index in [1.165, 1.54) is 32.1 Å². The molecule has 3 nitrogen and oxygen atoms in total. The van der Waals surface area contributed by atoms with Crippen molar-refractivity contribution in [2.75, 3.05) is 17.7 Å². The zero-order valence-electron chi connectivity index (χ0n) is 11.5. The van der Waals surface area contributed by atoms with Crippen LogP contribution in [-0.4, -0.2) is 18.1 Å². The summed E-state index contributed by atoms with van der Waals surface area (Å²) in [5.41, 5.74) is 8.40. The minimum absolute atomic E-state index is 0.635. The predicted octanol–water partition coefficient (Wildman–Crippen LogP) is 3.59.